The molecule has 134 valence electrons. The highest BCUT2D eigenvalue weighted by Crippen LogP contribution is 2.12. The Balaban J connectivity index is 1.88. The van der Waals surface area contributed by atoms with E-state index in [0.29, 0.717) is 24.5 Å². The summed E-state index contributed by atoms with van der Waals surface area (Å²) in [5.74, 6) is 0.572. The zero-order valence-corrected chi connectivity index (χ0v) is 14.3. The number of hydrogen-bond acceptors (Lipinski definition) is 5. The van der Waals surface area contributed by atoms with Crippen LogP contribution in [0.4, 0.5) is 0 Å². The summed E-state index contributed by atoms with van der Waals surface area (Å²) in [5, 5.41) is 11.2. The van der Waals surface area contributed by atoms with Gasteiger partial charge in [0.2, 0.25) is 15.9 Å². The summed E-state index contributed by atoms with van der Waals surface area (Å²) < 4.78 is 32.1. The maximum atomic E-state index is 12.1. The van der Waals surface area contributed by atoms with Crippen molar-refractivity contribution in [1.82, 2.24) is 10.0 Å². The van der Waals surface area contributed by atoms with Crippen molar-refractivity contribution in [2.75, 3.05) is 13.2 Å². The van der Waals surface area contributed by atoms with Gasteiger partial charge in [-0.3, -0.25) is 4.79 Å². The van der Waals surface area contributed by atoms with Crippen molar-refractivity contribution in [3.05, 3.63) is 60.1 Å². The summed E-state index contributed by atoms with van der Waals surface area (Å²) in [4.78, 5) is 11.7. The molecule has 0 bridgehead atoms. The van der Waals surface area contributed by atoms with E-state index in [0.717, 1.165) is 0 Å². The number of nitrogens with one attached hydrogen (secondary N) is 2. The van der Waals surface area contributed by atoms with E-state index in [-0.39, 0.29) is 24.0 Å². The Kier molecular flexibility index (Phi) is 6.93. The van der Waals surface area contributed by atoms with E-state index in [1.54, 1.807) is 30.3 Å². The molecule has 1 amide bonds. The molecule has 1 aromatic heterocycles. The normalized spacial score (nSPS) is 11.7. The number of furan rings is 1. The summed E-state index contributed by atoms with van der Waals surface area (Å²) in [7, 11) is -3.60. The predicted molar refractivity (Wildman–Crippen MR) is 92.9 cm³/mol. The second-order valence-corrected chi connectivity index (χ2v) is 6.91. The van der Waals surface area contributed by atoms with E-state index in [4.69, 9.17) is 9.52 Å². The molecule has 0 saturated carbocycles. The molecule has 0 unspecified atom stereocenters. The van der Waals surface area contributed by atoms with Crippen LogP contribution < -0.4 is 10.0 Å². The number of aliphatic hydroxyl groups excluding tert-OH is 1. The fourth-order valence-corrected chi connectivity index (χ4v) is 2.95. The fraction of sp³-hybridized carbons (Fsp3) is 0.235. The average molecular weight is 364 g/mol. The van der Waals surface area contributed by atoms with Gasteiger partial charge in [0.15, 0.2) is 0 Å². The molecule has 1 heterocycles. The van der Waals surface area contributed by atoms with Gasteiger partial charge in [-0.05, 0) is 36.8 Å². The van der Waals surface area contributed by atoms with E-state index >= 15 is 0 Å². The third kappa shape index (κ3) is 6.18. The minimum atomic E-state index is -3.60. The second-order valence-electron chi connectivity index (χ2n) is 5.14. The maximum Gasteiger partial charge on any atom is 0.244 e. The Hall–Kier alpha value is -2.42. The van der Waals surface area contributed by atoms with Crippen LogP contribution in [-0.4, -0.2) is 32.6 Å². The summed E-state index contributed by atoms with van der Waals surface area (Å²) >= 11 is 0. The van der Waals surface area contributed by atoms with Crippen LogP contribution in [0.1, 0.15) is 17.9 Å². The molecule has 0 aliphatic heterocycles. The summed E-state index contributed by atoms with van der Waals surface area (Å²) in [6.45, 7) is 0.419. The number of benzene rings is 1. The van der Waals surface area contributed by atoms with Crippen molar-refractivity contribution in [3.63, 3.8) is 0 Å². The molecule has 8 heteroatoms. The predicted octanol–water partition coefficient (Wildman–Crippen LogP) is 1.27. The van der Waals surface area contributed by atoms with Gasteiger partial charge in [0.25, 0.3) is 0 Å². The first kappa shape index (κ1) is 18.9. The van der Waals surface area contributed by atoms with Gasteiger partial charge in [-0.1, -0.05) is 18.2 Å². The van der Waals surface area contributed by atoms with Crippen LogP contribution in [-0.2, 0) is 21.4 Å². The third-order valence-electron chi connectivity index (χ3n) is 3.21. The highest BCUT2D eigenvalue weighted by molar-refractivity contribution is 7.89. The first-order valence-electron chi connectivity index (χ1n) is 7.71. The Labute approximate surface area is 146 Å². The SMILES string of the molecule is O=C(/C=C/c1ccc(CNS(=O)(=O)c2ccccc2)o1)NCCCO. The third-order valence-corrected chi connectivity index (χ3v) is 4.62. The molecule has 0 spiro atoms. The van der Waals surface area contributed by atoms with Crippen molar-refractivity contribution in [2.45, 2.75) is 17.9 Å². The molecular weight excluding hydrogens is 344 g/mol. The molecule has 0 saturated heterocycles. The summed E-state index contributed by atoms with van der Waals surface area (Å²) in [6.07, 6.45) is 3.30. The van der Waals surface area contributed by atoms with Gasteiger partial charge in [-0.2, -0.15) is 0 Å². The van der Waals surface area contributed by atoms with Crippen LogP contribution in [0.3, 0.4) is 0 Å². The molecule has 2 rings (SSSR count). The lowest BCUT2D eigenvalue weighted by atomic mass is 10.3. The molecule has 1 aromatic carbocycles. The monoisotopic (exact) mass is 364 g/mol. The Morgan fingerprint density at radius 3 is 2.64 bits per heavy atom. The first-order valence-corrected chi connectivity index (χ1v) is 9.20. The van der Waals surface area contributed by atoms with Crippen LogP contribution in [0.25, 0.3) is 6.08 Å². The molecule has 0 aliphatic carbocycles. The molecule has 25 heavy (non-hydrogen) atoms. The van der Waals surface area contributed by atoms with Crippen LogP contribution in [0.2, 0.25) is 0 Å². The quantitative estimate of drug-likeness (QED) is 0.459. The lowest BCUT2D eigenvalue weighted by molar-refractivity contribution is -0.116. The van der Waals surface area contributed by atoms with Gasteiger partial charge < -0.3 is 14.8 Å². The van der Waals surface area contributed by atoms with Crippen LogP contribution in [0.5, 0.6) is 0 Å². The van der Waals surface area contributed by atoms with Gasteiger partial charge in [-0.15, -0.1) is 0 Å². The van der Waals surface area contributed by atoms with Crippen molar-refractivity contribution in [1.29, 1.82) is 0 Å². The zero-order valence-electron chi connectivity index (χ0n) is 13.5. The Morgan fingerprint density at radius 2 is 1.92 bits per heavy atom. The van der Waals surface area contributed by atoms with Crippen LogP contribution in [0, 0.1) is 0 Å². The standard InChI is InChI=1S/C17H20N2O5S/c20-12-4-11-18-17(21)10-9-14-7-8-15(24-14)13-19-25(22,23)16-5-2-1-3-6-16/h1-3,5-10,19-20H,4,11-13H2,(H,18,21)/b10-9+. The van der Waals surface area contributed by atoms with E-state index in [1.807, 2.05) is 0 Å². The number of carbonyl (C=O) groups excluding carboxylic acids is 1. The van der Waals surface area contributed by atoms with Gasteiger partial charge in [0.05, 0.1) is 11.4 Å². The van der Waals surface area contributed by atoms with Gasteiger partial charge >= 0.3 is 0 Å². The zero-order chi connectivity index (χ0) is 18.1. The molecular formula is C17H20N2O5S. The van der Waals surface area contributed by atoms with Gasteiger partial charge in [-0.25, -0.2) is 13.1 Å². The molecule has 0 atom stereocenters. The molecule has 7 nitrogen and oxygen atoms in total. The van der Waals surface area contributed by atoms with Crippen LogP contribution in [0.15, 0.2) is 57.9 Å². The molecule has 0 aliphatic rings. The lowest BCUT2D eigenvalue weighted by Crippen LogP contribution is -2.22. The number of carbonyl (C=O) groups is 1. The number of sulfonamides is 1. The fourth-order valence-electron chi connectivity index (χ4n) is 1.94. The largest absolute Gasteiger partial charge is 0.460 e. The molecule has 3 N–H and O–H groups in total. The second kappa shape index (κ2) is 9.16. The first-order chi connectivity index (χ1) is 12.0. The Morgan fingerprint density at radius 1 is 1.16 bits per heavy atom. The highest BCUT2D eigenvalue weighted by Gasteiger charge is 2.13. The number of rotatable bonds is 9. The minimum absolute atomic E-state index is 0.00770. The number of hydrogen-bond donors (Lipinski definition) is 3. The van der Waals surface area contributed by atoms with Crippen LogP contribution >= 0.6 is 0 Å². The van der Waals surface area contributed by atoms with E-state index in [9.17, 15) is 13.2 Å². The molecule has 2 aromatic rings. The maximum absolute atomic E-state index is 12.1. The van der Waals surface area contributed by atoms with E-state index < -0.39 is 10.0 Å². The lowest BCUT2D eigenvalue weighted by Gasteiger charge is -2.04. The Bertz CT molecular complexity index is 813. The average Bonchev–Trinajstić information content (AvgIpc) is 3.07. The minimum Gasteiger partial charge on any atom is -0.460 e. The van der Waals surface area contributed by atoms with Gasteiger partial charge in [0, 0.05) is 19.2 Å². The summed E-state index contributed by atoms with van der Waals surface area (Å²) in [6, 6.07) is 11.3. The number of aliphatic hydroxyl groups is 1. The van der Waals surface area contributed by atoms with Crippen molar-refractivity contribution in [2.24, 2.45) is 0 Å². The van der Waals surface area contributed by atoms with Crippen molar-refractivity contribution >= 4 is 22.0 Å². The topological polar surface area (TPSA) is 109 Å². The van der Waals surface area contributed by atoms with Crippen molar-refractivity contribution in [3.8, 4) is 0 Å². The number of amides is 1. The smallest absolute Gasteiger partial charge is 0.244 e. The van der Waals surface area contributed by atoms with E-state index in [1.165, 1.54) is 24.3 Å². The summed E-state index contributed by atoms with van der Waals surface area (Å²) in [5.41, 5.74) is 0. The van der Waals surface area contributed by atoms with E-state index in [2.05, 4.69) is 10.0 Å². The molecule has 0 fully saturated rings. The molecule has 0 radical (unpaired) electrons. The van der Waals surface area contributed by atoms with Crippen molar-refractivity contribution < 1.29 is 22.7 Å². The van der Waals surface area contributed by atoms with Gasteiger partial charge in [0.1, 0.15) is 11.5 Å². The highest BCUT2D eigenvalue weighted by atomic mass is 32.2.